The smallest absolute Gasteiger partial charge is 0.417 e. The van der Waals surface area contributed by atoms with Crippen LogP contribution >= 0.6 is 11.3 Å². The summed E-state index contributed by atoms with van der Waals surface area (Å²) in [6.45, 7) is 0. The molecule has 62 valence electrons. The zero-order chi connectivity index (χ0) is 8.39. The summed E-state index contributed by atoms with van der Waals surface area (Å²) in [5, 5.41) is 5.69. The Morgan fingerprint density at radius 2 is 2.50 bits per heavy atom. The summed E-state index contributed by atoms with van der Waals surface area (Å²) in [5.41, 5.74) is 0. The molecule has 0 aromatic carbocycles. The van der Waals surface area contributed by atoms with Crippen molar-refractivity contribution in [1.82, 2.24) is 10.1 Å². The molecule has 0 spiro atoms. The lowest BCUT2D eigenvalue weighted by molar-refractivity contribution is 0.250. The average molecular weight is 182 g/mol. The van der Waals surface area contributed by atoms with Gasteiger partial charge in [0.1, 0.15) is 0 Å². The first-order chi connectivity index (χ1) is 5.90. The fourth-order valence-corrected chi connectivity index (χ4v) is 1.45. The van der Waals surface area contributed by atoms with Gasteiger partial charge in [0.15, 0.2) is 0 Å². The third-order valence-corrected chi connectivity index (χ3v) is 2.19. The third-order valence-electron chi connectivity index (χ3n) is 1.32. The minimum absolute atomic E-state index is 0.193. The van der Waals surface area contributed by atoms with Crippen molar-refractivity contribution in [2.45, 2.75) is 0 Å². The van der Waals surface area contributed by atoms with Crippen molar-refractivity contribution in [1.29, 1.82) is 0 Å². The molecule has 0 saturated heterocycles. The van der Waals surface area contributed by atoms with Gasteiger partial charge in [-0.15, -0.1) is 11.3 Å². The molecular formula is C7H6N2O2S. The summed E-state index contributed by atoms with van der Waals surface area (Å²) in [6.07, 6.45) is 0.193. The van der Waals surface area contributed by atoms with Crippen molar-refractivity contribution in [3.63, 3.8) is 0 Å². The van der Waals surface area contributed by atoms with E-state index in [4.69, 9.17) is 9.26 Å². The average Bonchev–Trinajstić information content (AvgIpc) is 2.75. The first-order valence-corrected chi connectivity index (χ1v) is 4.19. The van der Waals surface area contributed by atoms with E-state index in [1.165, 1.54) is 7.11 Å². The quantitative estimate of drug-likeness (QED) is 0.710. The SMILES string of the molecule is COc1nc(-c2cccs2)no1. The molecule has 2 aromatic heterocycles. The maximum absolute atomic E-state index is 4.76. The molecule has 0 saturated carbocycles. The maximum atomic E-state index is 4.76. The topological polar surface area (TPSA) is 48.2 Å². The van der Waals surface area contributed by atoms with Gasteiger partial charge in [0.2, 0.25) is 5.82 Å². The Bertz CT molecular complexity index is 355. The molecule has 0 atom stereocenters. The Morgan fingerprint density at radius 1 is 1.58 bits per heavy atom. The third kappa shape index (κ3) is 1.18. The molecule has 0 aliphatic rings. The van der Waals surface area contributed by atoms with E-state index in [1.807, 2.05) is 17.5 Å². The van der Waals surface area contributed by atoms with E-state index in [1.54, 1.807) is 11.3 Å². The van der Waals surface area contributed by atoms with Crippen LogP contribution in [-0.4, -0.2) is 17.3 Å². The van der Waals surface area contributed by atoms with E-state index < -0.39 is 0 Å². The van der Waals surface area contributed by atoms with E-state index >= 15 is 0 Å². The van der Waals surface area contributed by atoms with E-state index in [0.717, 1.165) is 4.88 Å². The van der Waals surface area contributed by atoms with Gasteiger partial charge in [-0.05, 0) is 11.4 Å². The lowest BCUT2D eigenvalue weighted by Gasteiger charge is -1.83. The molecule has 2 aromatic rings. The van der Waals surface area contributed by atoms with Crippen molar-refractivity contribution in [2.24, 2.45) is 0 Å². The van der Waals surface area contributed by atoms with Crippen molar-refractivity contribution in [3.8, 4) is 16.8 Å². The Hall–Kier alpha value is -1.36. The van der Waals surface area contributed by atoms with Crippen LogP contribution in [0.3, 0.4) is 0 Å². The normalized spacial score (nSPS) is 10.1. The molecule has 12 heavy (non-hydrogen) atoms. The zero-order valence-corrected chi connectivity index (χ0v) is 7.17. The van der Waals surface area contributed by atoms with Gasteiger partial charge in [-0.3, -0.25) is 4.52 Å². The minimum atomic E-state index is 0.193. The molecule has 2 rings (SSSR count). The van der Waals surface area contributed by atoms with Gasteiger partial charge < -0.3 is 4.74 Å². The number of methoxy groups -OCH3 is 1. The minimum Gasteiger partial charge on any atom is -0.452 e. The highest BCUT2D eigenvalue weighted by Gasteiger charge is 2.07. The zero-order valence-electron chi connectivity index (χ0n) is 6.35. The fraction of sp³-hybridized carbons (Fsp3) is 0.143. The lowest BCUT2D eigenvalue weighted by Crippen LogP contribution is -1.80. The van der Waals surface area contributed by atoms with Crippen LogP contribution in [0.4, 0.5) is 0 Å². The molecular weight excluding hydrogens is 176 g/mol. The second kappa shape index (κ2) is 2.94. The van der Waals surface area contributed by atoms with Crippen LogP contribution in [-0.2, 0) is 0 Å². The van der Waals surface area contributed by atoms with Gasteiger partial charge in [-0.25, -0.2) is 0 Å². The van der Waals surface area contributed by atoms with Gasteiger partial charge in [-0.2, -0.15) is 4.98 Å². The van der Waals surface area contributed by atoms with E-state index in [-0.39, 0.29) is 6.08 Å². The summed E-state index contributed by atoms with van der Waals surface area (Å²) in [6, 6.07) is 3.86. The molecule has 0 aliphatic carbocycles. The van der Waals surface area contributed by atoms with Crippen LogP contribution in [0.25, 0.3) is 10.7 Å². The van der Waals surface area contributed by atoms with Crippen LogP contribution < -0.4 is 4.74 Å². The van der Waals surface area contributed by atoms with Crippen molar-refractivity contribution in [2.75, 3.05) is 7.11 Å². The van der Waals surface area contributed by atoms with E-state index in [2.05, 4.69) is 10.1 Å². The van der Waals surface area contributed by atoms with Gasteiger partial charge in [0, 0.05) is 0 Å². The first kappa shape index (κ1) is 7.30. The maximum Gasteiger partial charge on any atom is 0.417 e. The second-order valence-electron chi connectivity index (χ2n) is 2.07. The van der Waals surface area contributed by atoms with Gasteiger partial charge >= 0.3 is 6.08 Å². The number of hydrogen-bond acceptors (Lipinski definition) is 5. The summed E-state index contributed by atoms with van der Waals surface area (Å²) < 4.78 is 9.52. The standard InChI is InChI=1S/C7H6N2O2S/c1-10-7-8-6(9-11-7)5-3-2-4-12-5/h2-4H,1H3. The molecule has 0 aliphatic heterocycles. The van der Waals surface area contributed by atoms with Crippen molar-refractivity contribution in [3.05, 3.63) is 17.5 Å². The highest BCUT2D eigenvalue weighted by Crippen LogP contribution is 2.22. The highest BCUT2D eigenvalue weighted by molar-refractivity contribution is 7.13. The molecule has 5 heteroatoms. The van der Waals surface area contributed by atoms with Gasteiger partial charge in [0.25, 0.3) is 0 Å². The fourth-order valence-electron chi connectivity index (χ4n) is 0.798. The number of nitrogens with zero attached hydrogens (tertiary/aromatic N) is 2. The number of ether oxygens (including phenoxy) is 1. The first-order valence-electron chi connectivity index (χ1n) is 3.32. The number of rotatable bonds is 2. The molecule has 0 radical (unpaired) electrons. The monoisotopic (exact) mass is 182 g/mol. The number of hydrogen-bond donors (Lipinski definition) is 0. The molecule has 0 bridgehead atoms. The summed E-state index contributed by atoms with van der Waals surface area (Å²) in [7, 11) is 1.49. The summed E-state index contributed by atoms with van der Waals surface area (Å²) in [5.74, 6) is 0.571. The van der Waals surface area contributed by atoms with Crippen LogP contribution in [0.2, 0.25) is 0 Å². The Labute approximate surface area is 72.8 Å². The molecule has 0 unspecified atom stereocenters. The van der Waals surface area contributed by atoms with Gasteiger partial charge in [0.05, 0.1) is 12.0 Å². The largest absolute Gasteiger partial charge is 0.452 e. The molecule has 0 fully saturated rings. The van der Waals surface area contributed by atoms with Crippen molar-refractivity contribution >= 4 is 11.3 Å². The van der Waals surface area contributed by atoms with Crippen LogP contribution in [0, 0.1) is 0 Å². The molecule has 0 N–H and O–H groups in total. The van der Waals surface area contributed by atoms with Crippen LogP contribution in [0.15, 0.2) is 22.0 Å². The van der Waals surface area contributed by atoms with Gasteiger partial charge in [-0.1, -0.05) is 11.2 Å². The summed E-state index contributed by atoms with van der Waals surface area (Å²) in [4.78, 5) is 4.96. The highest BCUT2D eigenvalue weighted by atomic mass is 32.1. The van der Waals surface area contributed by atoms with E-state index in [0.29, 0.717) is 5.82 Å². The molecule has 4 nitrogen and oxygen atoms in total. The molecule has 0 amide bonds. The van der Waals surface area contributed by atoms with Crippen molar-refractivity contribution < 1.29 is 9.26 Å². The van der Waals surface area contributed by atoms with Crippen LogP contribution in [0.5, 0.6) is 6.08 Å². The molecule has 2 heterocycles. The summed E-state index contributed by atoms with van der Waals surface area (Å²) >= 11 is 1.56. The Morgan fingerprint density at radius 3 is 3.08 bits per heavy atom. The lowest BCUT2D eigenvalue weighted by atomic mass is 10.4. The second-order valence-corrected chi connectivity index (χ2v) is 3.01. The predicted octanol–water partition coefficient (Wildman–Crippen LogP) is 1.81. The Kier molecular flexibility index (Phi) is 1.79. The predicted molar refractivity (Wildman–Crippen MR) is 44.2 cm³/mol. The number of aromatic nitrogens is 2. The Balaban J connectivity index is 2.35. The van der Waals surface area contributed by atoms with E-state index in [9.17, 15) is 0 Å². The van der Waals surface area contributed by atoms with Crippen LogP contribution in [0.1, 0.15) is 0 Å². The number of thiophene rings is 1.